The number of hydrogen-bond donors (Lipinski definition) is 1. The molecule has 0 spiro atoms. The molecule has 1 unspecified atom stereocenters. The molecule has 21 heavy (non-hydrogen) atoms. The molecule has 0 saturated carbocycles. The third-order valence-electron chi connectivity index (χ3n) is 2.96. The van der Waals surface area contributed by atoms with Gasteiger partial charge in [0.1, 0.15) is 5.75 Å². The van der Waals surface area contributed by atoms with Crippen molar-refractivity contribution >= 4 is 15.9 Å². The normalized spacial score (nSPS) is 12.4. The number of halogens is 3. The first kappa shape index (κ1) is 15.9. The summed E-state index contributed by atoms with van der Waals surface area (Å²) in [4.78, 5) is 4.09. The molecule has 1 atom stereocenters. The number of aromatic nitrogens is 1. The average Bonchev–Trinajstić information content (AvgIpc) is 2.44. The number of rotatable bonds is 6. The van der Waals surface area contributed by atoms with Gasteiger partial charge in [-0.05, 0) is 52.2 Å². The van der Waals surface area contributed by atoms with Crippen LogP contribution in [0.1, 0.15) is 24.1 Å². The molecule has 3 nitrogen and oxygen atoms in total. The van der Waals surface area contributed by atoms with Crippen molar-refractivity contribution in [2.75, 3.05) is 0 Å². The minimum atomic E-state index is -2.81. The minimum absolute atomic E-state index is 0.00482. The van der Waals surface area contributed by atoms with Crippen molar-refractivity contribution in [3.05, 3.63) is 58.3 Å². The van der Waals surface area contributed by atoms with Crippen LogP contribution in [0.15, 0.2) is 47.2 Å². The van der Waals surface area contributed by atoms with E-state index in [1.807, 2.05) is 19.1 Å². The highest BCUT2D eigenvalue weighted by molar-refractivity contribution is 9.10. The van der Waals surface area contributed by atoms with Gasteiger partial charge in [-0.25, -0.2) is 0 Å². The molecule has 2 aromatic rings. The van der Waals surface area contributed by atoms with Gasteiger partial charge >= 0.3 is 6.61 Å². The zero-order valence-corrected chi connectivity index (χ0v) is 13.0. The Hall–Kier alpha value is -1.53. The van der Waals surface area contributed by atoms with Crippen LogP contribution in [0.4, 0.5) is 8.78 Å². The zero-order valence-electron chi connectivity index (χ0n) is 11.4. The van der Waals surface area contributed by atoms with Crippen LogP contribution in [0.3, 0.4) is 0 Å². The second-order valence-corrected chi connectivity index (χ2v) is 5.48. The Morgan fingerprint density at radius 2 is 2.10 bits per heavy atom. The number of pyridine rings is 1. The van der Waals surface area contributed by atoms with Crippen LogP contribution in [0.5, 0.6) is 5.75 Å². The third kappa shape index (κ3) is 5.06. The second kappa shape index (κ2) is 7.47. The molecule has 1 N–H and O–H groups in total. The van der Waals surface area contributed by atoms with Crippen LogP contribution >= 0.6 is 15.9 Å². The van der Waals surface area contributed by atoms with Gasteiger partial charge in [-0.3, -0.25) is 4.98 Å². The van der Waals surface area contributed by atoms with Crippen molar-refractivity contribution < 1.29 is 13.5 Å². The third-order valence-corrected chi connectivity index (χ3v) is 3.39. The topological polar surface area (TPSA) is 34.2 Å². The summed E-state index contributed by atoms with van der Waals surface area (Å²) in [6.07, 6.45) is 3.50. The van der Waals surface area contributed by atoms with Gasteiger partial charge in [-0.2, -0.15) is 8.78 Å². The van der Waals surface area contributed by atoms with Crippen molar-refractivity contribution in [3.63, 3.8) is 0 Å². The van der Waals surface area contributed by atoms with E-state index >= 15 is 0 Å². The molecule has 6 heteroatoms. The Bertz CT molecular complexity index is 595. The lowest BCUT2D eigenvalue weighted by Gasteiger charge is -2.15. The van der Waals surface area contributed by atoms with Crippen molar-refractivity contribution in [1.82, 2.24) is 10.3 Å². The molecular weight excluding hydrogens is 342 g/mol. The molecule has 0 aliphatic carbocycles. The summed E-state index contributed by atoms with van der Waals surface area (Å²) in [5.41, 5.74) is 1.92. The molecule has 1 aromatic carbocycles. The monoisotopic (exact) mass is 356 g/mol. The molecule has 0 saturated heterocycles. The van der Waals surface area contributed by atoms with Crippen molar-refractivity contribution in [2.24, 2.45) is 0 Å². The standard InChI is InChI=1S/C15H15BrF2N2O/c1-10(20-8-11-5-13(16)9-19-7-11)12-3-2-4-14(6-12)21-15(17)18/h2-7,9-10,15,20H,8H2,1H3. The molecule has 112 valence electrons. The van der Waals surface area contributed by atoms with Gasteiger partial charge in [0.25, 0.3) is 0 Å². The lowest BCUT2D eigenvalue weighted by molar-refractivity contribution is -0.0499. The van der Waals surface area contributed by atoms with E-state index in [1.54, 1.807) is 24.5 Å². The van der Waals surface area contributed by atoms with E-state index in [-0.39, 0.29) is 11.8 Å². The second-order valence-electron chi connectivity index (χ2n) is 4.56. The molecule has 0 aliphatic heterocycles. The molecule has 0 radical (unpaired) electrons. The SMILES string of the molecule is CC(NCc1cncc(Br)c1)c1cccc(OC(F)F)c1. The van der Waals surface area contributed by atoms with E-state index < -0.39 is 6.61 Å². The predicted molar refractivity (Wildman–Crippen MR) is 80.3 cm³/mol. The summed E-state index contributed by atoms with van der Waals surface area (Å²) in [5, 5.41) is 3.32. The number of nitrogens with zero attached hydrogens (tertiary/aromatic N) is 1. The number of hydrogen-bond acceptors (Lipinski definition) is 3. The van der Waals surface area contributed by atoms with Crippen LogP contribution in [-0.2, 0) is 6.54 Å². The number of ether oxygens (including phenoxy) is 1. The molecular formula is C15H15BrF2N2O. The maximum atomic E-state index is 12.2. The molecule has 1 heterocycles. The summed E-state index contributed by atoms with van der Waals surface area (Å²) in [7, 11) is 0. The van der Waals surface area contributed by atoms with Gasteiger partial charge in [0.05, 0.1) is 0 Å². The van der Waals surface area contributed by atoms with Crippen LogP contribution in [0, 0.1) is 0 Å². The zero-order chi connectivity index (χ0) is 15.2. The van der Waals surface area contributed by atoms with Gasteiger partial charge < -0.3 is 10.1 Å². The fourth-order valence-electron chi connectivity index (χ4n) is 1.90. The first-order chi connectivity index (χ1) is 10.0. The molecule has 0 amide bonds. The lowest BCUT2D eigenvalue weighted by Crippen LogP contribution is -2.18. The van der Waals surface area contributed by atoms with E-state index in [0.29, 0.717) is 6.54 Å². The maximum absolute atomic E-state index is 12.2. The first-order valence-electron chi connectivity index (χ1n) is 6.42. The largest absolute Gasteiger partial charge is 0.435 e. The van der Waals surface area contributed by atoms with E-state index in [4.69, 9.17) is 0 Å². The van der Waals surface area contributed by atoms with E-state index in [1.165, 1.54) is 6.07 Å². The fourth-order valence-corrected chi connectivity index (χ4v) is 2.31. The number of alkyl halides is 2. The number of nitrogens with one attached hydrogen (secondary N) is 1. The van der Waals surface area contributed by atoms with Crippen LogP contribution < -0.4 is 10.1 Å². The maximum Gasteiger partial charge on any atom is 0.387 e. The average molecular weight is 357 g/mol. The highest BCUT2D eigenvalue weighted by atomic mass is 79.9. The van der Waals surface area contributed by atoms with Gasteiger partial charge in [-0.1, -0.05) is 12.1 Å². The van der Waals surface area contributed by atoms with Crippen molar-refractivity contribution in [3.8, 4) is 5.75 Å². The summed E-state index contributed by atoms with van der Waals surface area (Å²) in [6, 6.07) is 8.68. The Morgan fingerprint density at radius 1 is 1.29 bits per heavy atom. The molecule has 0 bridgehead atoms. The van der Waals surface area contributed by atoms with E-state index in [9.17, 15) is 8.78 Å². The summed E-state index contributed by atoms with van der Waals surface area (Å²) in [6.45, 7) is -0.211. The van der Waals surface area contributed by atoms with E-state index in [0.717, 1.165) is 15.6 Å². The number of benzene rings is 1. The first-order valence-corrected chi connectivity index (χ1v) is 7.21. The Balaban J connectivity index is 1.98. The van der Waals surface area contributed by atoms with Crippen molar-refractivity contribution in [1.29, 1.82) is 0 Å². The fraction of sp³-hybridized carbons (Fsp3) is 0.267. The molecule has 0 aliphatic rings. The summed E-state index contributed by atoms with van der Waals surface area (Å²) >= 11 is 3.37. The van der Waals surface area contributed by atoms with Crippen LogP contribution in [-0.4, -0.2) is 11.6 Å². The molecule has 2 rings (SSSR count). The molecule has 1 aromatic heterocycles. The summed E-state index contributed by atoms with van der Waals surface area (Å²) < 4.78 is 29.7. The highest BCUT2D eigenvalue weighted by Crippen LogP contribution is 2.21. The Labute approximate surface area is 130 Å². The highest BCUT2D eigenvalue weighted by Gasteiger charge is 2.09. The Kier molecular flexibility index (Phi) is 5.64. The molecule has 0 fully saturated rings. The lowest BCUT2D eigenvalue weighted by atomic mass is 10.1. The van der Waals surface area contributed by atoms with Crippen molar-refractivity contribution in [2.45, 2.75) is 26.1 Å². The predicted octanol–water partition coefficient (Wildman–Crippen LogP) is 4.30. The van der Waals surface area contributed by atoms with Gasteiger partial charge in [-0.15, -0.1) is 0 Å². The quantitative estimate of drug-likeness (QED) is 0.837. The van der Waals surface area contributed by atoms with E-state index in [2.05, 4.69) is 31.0 Å². The minimum Gasteiger partial charge on any atom is -0.435 e. The Morgan fingerprint density at radius 3 is 2.81 bits per heavy atom. The van der Waals surface area contributed by atoms with Gasteiger partial charge in [0, 0.05) is 29.5 Å². The van der Waals surface area contributed by atoms with Gasteiger partial charge in [0.15, 0.2) is 0 Å². The summed E-state index contributed by atoms with van der Waals surface area (Å²) in [5.74, 6) is 0.167. The van der Waals surface area contributed by atoms with Crippen LogP contribution in [0.2, 0.25) is 0 Å². The van der Waals surface area contributed by atoms with Gasteiger partial charge in [0.2, 0.25) is 0 Å². The van der Waals surface area contributed by atoms with Crippen LogP contribution in [0.25, 0.3) is 0 Å². The smallest absolute Gasteiger partial charge is 0.387 e.